The Balaban J connectivity index is 1.86. The summed E-state index contributed by atoms with van der Waals surface area (Å²) in [4.78, 5) is 2.26. The van der Waals surface area contributed by atoms with Gasteiger partial charge in [0.2, 0.25) is 0 Å². The van der Waals surface area contributed by atoms with Crippen LogP contribution in [0.5, 0.6) is 0 Å². The molecule has 0 unspecified atom stereocenters. The zero-order valence-electron chi connectivity index (χ0n) is 15.4. The predicted molar refractivity (Wildman–Crippen MR) is 118 cm³/mol. The Morgan fingerprint density at radius 1 is 1.23 bits per heavy atom. The standard InChI is InChI=1S/C20H25ClN4S/c1-4-5-12-25(3)17-9-7-16(8-10-17)14-22-24-20(26)23-19-11-6-15(2)13-18(19)21/h6-11,13-14H,4-5,12H2,1-3H3,(H2,23,24,26). The summed E-state index contributed by atoms with van der Waals surface area (Å²) in [7, 11) is 2.11. The van der Waals surface area contributed by atoms with E-state index < -0.39 is 0 Å². The van der Waals surface area contributed by atoms with E-state index in [9.17, 15) is 0 Å². The zero-order chi connectivity index (χ0) is 18.9. The lowest BCUT2D eigenvalue weighted by Gasteiger charge is -2.18. The number of unbranched alkanes of at least 4 members (excludes halogenated alkanes) is 1. The van der Waals surface area contributed by atoms with Crippen molar-refractivity contribution in [2.45, 2.75) is 26.7 Å². The van der Waals surface area contributed by atoms with Gasteiger partial charge in [-0.15, -0.1) is 0 Å². The van der Waals surface area contributed by atoms with Gasteiger partial charge in [0, 0.05) is 19.3 Å². The van der Waals surface area contributed by atoms with Crippen LogP contribution in [0.25, 0.3) is 0 Å². The molecule has 0 atom stereocenters. The highest BCUT2D eigenvalue weighted by Gasteiger charge is 2.02. The third-order valence-corrected chi connectivity index (χ3v) is 4.44. The third-order valence-electron chi connectivity index (χ3n) is 3.93. The van der Waals surface area contributed by atoms with Crippen molar-refractivity contribution >= 4 is 46.5 Å². The van der Waals surface area contributed by atoms with Crippen molar-refractivity contribution in [1.29, 1.82) is 0 Å². The highest BCUT2D eigenvalue weighted by atomic mass is 35.5. The Bertz CT molecular complexity index is 759. The van der Waals surface area contributed by atoms with Crippen molar-refractivity contribution in [1.82, 2.24) is 5.43 Å². The Kier molecular flexibility index (Phi) is 7.88. The van der Waals surface area contributed by atoms with Gasteiger partial charge in [-0.05, 0) is 61.0 Å². The third kappa shape index (κ3) is 6.32. The van der Waals surface area contributed by atoms with E-state index in [4.69, 9.17) is 23.8 Å². The first-order chi connectivity index (χ1) is 12.5. The molecule has 2 rings (SSSR count). The number of benzene rings is 2. The molecule has 0 amide bonds. The summed E-state index contributed by atoms with van der Waals surface area (Å²) in [6, 6.07) is 14.0. The summed E-state index contributed by atoms with van der Waals surface area (Å²) in [6.45, 7) is 5.25. The Labute approximate surface area is 166 Å². The predicted octanol–water partition coefficient (Wildman–Crippen LogP) is 5.21. The van der Waals surface area contributed by atoms with Gasteiger partial charge >= 0.3 is 0 Å². The SMILES string of the molecule is CCCCN(C)c1ccc(C=NNC(=S)Nc2ccc(C)cc2Cl)cc1. The first-order valence-electron chi connectivity index (χ1n) is 8.67. The van der Waals surface area contributed by atoms with Gasteiger partial charge in [0.25, 0.3) is 0 Å². The van der Waals surface area contributed by atoms with E-state index in [1.165, 1.54) is 18.5 Å². The number of rotatable bonds is 7. The van der Waals surface area contributed by atoms with E-state index in [-0.39, 0.29) is 0 Å². The van der Waals surface area contributed by atoms with Crippen LogP contribution in [0.3, 0.4) is 0 Å². The lowest BCUT2D eigenvalue weighted by atomic mass is 10.2. The maximum atomic E-state index is 6.18. The summed E-state index contributed by atoms with van der Waals surface area (Å²) in [5.74, 6) is 0. The van der Waals surface area contributed by atoms with Crippen molar-refractivity contribution in [2.75, 3.05) is 23.8 Å². The van der Waals surface area contributed by atoms with Crippen LogP contribution in [0.1, 0.15) is 30.9 Å². The summed E-state index contributed by atoms with van der Waals surface area (Å²) < 4.78 is 0. The number of nitrogens with zero attached hydrogens (tertiary/aromatic N) is 2. The molecule has 2 aromatic carbocycles. The average molecular weight is 389 g/mol. The maximum absolute atomic E-state index is 6.18. The van der Waals surface area contributed by atoms with E-state index in [1.807, 2.05) is 37.3 Å². The number of thiocarbonyl (C=S) groups is 1. The number of hydrogen-bond donors (Lipinski definition) is 2. The fourth-order valence-electron chi connectivity index (χ4n) is 2.38. The molecule has 0 fully saturated rings. The molecule has 0 aliphatic carbocycles. The summed E-state index contributed by atoms with van der Waals surface area (Å²) in [5, 5.41) is 8.23. The molecule has 4 nitrogen and oxygen atoms in total. The van der Waals surface area contributed by atoms with Gasteiger partial charge in [-0.2, -0.15) is 5.10 Å². The zero-order valence-corrected chi connectivity index (χ0v) is 17.0. The molecule has 0 saturated heterocycles. The largest absolute Gasteiger partial charge is 0.375 e. The van der Waals surface area contributed by atoms with Crippen LogP contribution in [0, 0.1) is 6.92 Å². The molecule has 138 valence electrons. The molecule has 0 heterocycles. The summed E-state index contributed by atoms with van der Waals surface area (Å²) in [5.41, 5.74) is 6.86. The molecule has 2 N–H and O–H groups in total. The summed E-state index contributed by atoms with van der Waals surface area (Å²) >= 11 is 11.4. The second-order valence-corrected chi connectivity index (χ2v) is 6.99. The van der Waals surface area contributed by atoms with Crippen molar-refractivity contribution in [3.63, 3.8) is 0 Å². The van der Waals surface area contributed by atoms with Gasteiger partial charge in [-0.1, -0.05) is 43.1 Å². The fraction of sp³-hybridized carbons (Fsp3) is 0.300. The van der Waals surface area contributed by atoms with Crippen molar-refractivity contribution < 1.29 is 0 Å². The highest BCUT2D eigenvalue weighted by molar-refractivity contribution is 7.80. The molecule has 0 spiro atoms. The van der Waals surface area contributed by atoms with Crippen LogP contribution < -0.4 is 15.6 Å². The van der Waals surface area contributed by atoms with E-state index >= 15 is 0 Å². The molecule has 0 bridgehead atoms. The molecular formula is C20H25ClN4S. The van der Waals surface area contributed by atoms with Gasteiger partial charge < -0.3 is 10.2 Å². The Hall–Kier alpha value is -2.11. The molecule has 2 aromatic rings. The van der Waals surface area contributed by atoms with E-state index in [0.29, 0.717) is 10.1 Å². The minimum Gasteiger partial charge on any atom is -0.375 e. The molecule has 0 aliphatic rings. The number of hydrazone groups is 1. The first kappa shape index (κ1) is 20.2. The normalized spacial score (nSPS) is 10.8. The number of hydrogen-bond acceptors (Lipinski definition) is 3. The molecule has 0 radical (unpaired) electrons. The maximum Gasteiger partial charge on any atom is 0.191 e. The van der Waals surface area contributed by atoms with Gasteiger partial charge in [0.15, 0.2) is 5.11 Å². The van der Waals surface area contributed by atoms with Crippen molar-refractivity contribution in [3.05, 3.63) is 58.6 Å². The minimum atomic E-state index is 0.392. The van der Waals surface area contributed by atoms with E-state index in [2.05, 4.69) is 46.8 Å². The second-order valence-electron chi connectivity index (χ2n) is 6.17. The van der Waals surface area contributed by atoms with Crippen LogP contribution in [0.2, 0.25) is 5.02 Å². The fourth-order valence-corrected chi connectivity index (χ4v) is 2.82. The molecular weight excluding hydrogens is 364 g/mol. The minimum absolute atomic E-state index is 0.392. The molecule has 0 saturated carbocycles. The van der Waals surface area contributed by atoms with Gasteiger partial charge in [-0.3, -0.25) is 5.43 Å². The molecule has 26 heavy (non-hydrogen) atoms. The van der Waals surface area contributed by atoms with Crippen LogP contribution in [0.4, 0.5) is 11.4 Å². The van der Waals surface area contributed by atoms with Crippen molar-refractivity contribution in [3.8, 4) is 0 Å². The van der Waals surface area contributed by atoms with Crippen LogP contribution in [0.15, 0.2) is 47.6 Å². The molecule has 0 aliphatic heterocycles. The Morgan fingerprint density at radius 3 is 2.62 bits per heavy atom. The number of nitrogens with one attached hydrogen (secondary N) is 2. The Morgan fingerprint density at radius 2 is 1.96 bits per heavy atom. The quantitative estimate of drug-likeness (QED) is 0.388. The first-order valence-corrected chi connectivity index (χ1v) is 9.45. The van der Waals surface area contributed by atoms with Crippen LogP contribution in [-0.2, 0) is 0 Å². The van der Waals surface area contributed by atoms with E-state index in [1.54, 1.807) is 6.21 Å². The number of aryl methyl sites for hydroxylation is 1. The average Bonchev–Trinajstić information content (AvgIpc) is 2.62. The number of anilines is 2. The lowest BCUT2D eigenvalue weighted by molar-refractivity contribution is 0.767. The van der Waals surface area contributed by atoms with Crippen LogP contribution in [-0.4, -0.2) is 24.9 Å². The highest BCUT2D eigenvalue weighted by Crippen LogP contribution is 2.22. The molecule has 6 heteroatoms. The van der Waals surface area contributed by atoms with Gasteiger partial charge in [0.1, 0.15) is 0 Å². The second kappa shape index (κ2) is 10.1. The number of halogens is 1. The van der Waals surface area contributed by atoms with Crippen molar-refractivity contribution in [2.24, 2.45) is 5.10 Å². The van der Waals surface area contributed by atoms with Gasteiger partial charge in [-0.25, -0.2) is 0 Å². The van der Waals surface area contributed by atoms with Gasteiger partial charge in [0.05, 0.1) is 16.9 Å². The summed E-state index contributed by atoms with van der Waals surface area (Å²) in [6.07, 6.45) is 4.13. The van der Waals surface area contributed by atoms with E-state index in [0.717, 1.165) is 23.4 Å². The monoisotopic (exact) mass is 388 g/mol. The topological polar surface area (TPSA) is 39.7 Å². The van der Waals surface area contributed by atoms with Crippen LogP contribution >= 0.6 is 23.8 Å². The lowest BCUT2D eigenvalue weighted by Crippen LogP contribution is -2.24. The smallest absolute Gasteiger partial charge is 0.191 e. The molecule has 0 aromatic heterocycles.